The van der Waals surface area contributed by atoms with E-state index in [1.54, 1.807) is 0 Å². The van der Waals surface area contributed by atoms with Gasteiger partial charge in [0.05, 0.1) is 0 Å². The monoisotopic (exact) mass is 379 g/mol. The molecule has 2 aromatic carbocycles. The van der Waals surface area contributed by atoms with Crippen LogP contribution in [0.4, 0.5) is 10.5 Å². The van der Waals surface area contributed by atoms with Gasteiger partial charge in [-0.25, -0.2) is 4.79 Å². The summed E-state index contributed by atoms with van der Waals surface area (Å²) in [7, 11) is 0. The van der Waals surface area contributed by atoms with Gasteiger partial charge in [0.2, 0.25) is 0 Å². The van der Waals surface area contributed by atoms with Gasteiger partial charge in [-0.15, -0.1) is 0 Å². The van der Waals surface area contributed by atoms with E-state index in [9.17, 15) is 4.79 Å². The summed E-state index contributed by atoms with van der Waals surface area (Å²) in [5, 5.41) is 3.73. The minimum Gasteiger partial charge on any atom is -0.349 e. The Labute approximate surface area is 164 Å². The van der Waals surface area contributed by atoms with Crippen LogP contribution in [0.3, 0.4) is 0 Å². The molecule has 2 heterocycles. The van der Waals surface area contributed by atoms with Crippen molar-refractivity contribution >= 4 is 23.3 Å². The first-order valence-corrected chi connectivity index (χ1v) is 9.55. The van der Waals surface area contributed by atoms with Crippen molar-refractivity contribution in [3.8, 4) is 0 Å². The van der Waals surface area contributed by atoms with Gasteiger partial charge in [0.25, 0.3) is 0 Å². The lowest BCUT2D eigenvalue weighted by Gasteiger charge is -2.31. The van der Waals surface area contributed by atoms with Crippen molar-refractivity contribution in [1.29, 1.82) is 0 Å². The van der Waals surface area contributed by atoms with E-state index in [1.807, 2.05) is 66.4 Å². The second kappa shape index (κ2) is 7.49. The molecule has 5 heteroatoms. The molecular weight excluding hydrogens is 358 g/mol. The number of aromatic nitrogens is 1. The number of hydrogen-bond donors (Lipinski definition) is 1. The Balaban J connectivity index is 1.73. The summed E-state index contributed by atoms with van der Waals surface area (Å²) in [6.45, 7) is 3.56. The van der Waals surface area contributed by atoms with Gasteiger partial charge in [0, 0.05) is 35.7 Å². The van der Waals surface area contributed by atoms with Crippen LogP contribution in [0.25, 0.3) is 0 Å². The number of aryl methyl sites for hydroxylation is 2. The summed E-state index contributed by atoms with van der Waals surface area (Å²) in [6, 6.07) is 19.4. The van der Waals surface area contributed by atoms with Gasteiger partial charge in [-0.1, -0.05) is 41.9 Å². The van der Waals surface area contributed by atoms with Gasteiger partial charge in [0.1, 0.15) is 6.04 Å². The number of anilines is 1. The van der Waals surface area contributed by atoms with Crippen molar-refractivity contribution in [2.45, 2.75) is 25.9 Å². The molecule has 1 aliphatic rings. The number of amides is 2. The van der Waals surface area contributed by atoms with E-state index >= 15 is 0 Å². The number of carbonyl (C=O) groups excluding carboxylic acids is 1. The molecule has 0 radical (unpaired) electrons. The summed E-state index contributed by atoms with van der Waals surface area (Å²) in [4.78, 5) is 15.1. The van der Waals surface area contributed by atoms with Gasteiger partial charge in [-0.05, 0) is 54.8 Å². The molecule has 1 atom stereocenters. The maximum absolute atomic E-state index is 13.2. The predicted molar refractivity (Wildman–Crippen MR) is 109 cm³/mol. The van der Waals surface area contributed by atoms with Crippen molar-refractivity contribution < 1.29 is 4.79 Å². The molecule has 1 aromatic heterocycles. The lowest BCUT2D eigenvalue weighted by molar-refractivity contribution is 0.199. The Morgan fingerprint density at radius 1 is 1.07 bits per heavy atom. The number of halogens is 1. The third-order valence-corrected chi connectivity index (χ3v) is 5.33. The van der Waals surface area contributed by atoms with Crippen LogP contribution in [0.1, 0.15) is 29.3 Å². The van der Waals surface area contributed by atoms with E-state index in [4.69, 9.17) is 11.6 Å². The Morgan fingerprint density at radius 2 is 1.93 bits per heavy atom. The van der Waals surface area contributed by atoms with Crippen LogP contribution in [0.5, 0.6) is 0 Å². The third-order valence-electron chi connectivity index (χ3n) is 4.98. The molecule has 0 fully saturated rings. The molecule has 1 aliphatic heterocycles. The quantitative estimate of drug-likeness (QED) is 0.629. The van der Waals surface area contributed by atoms with E-state index in [1.165, 1.54) is 0 Å². The van der Waals surface area contributed by atoms with Crippen LogP contribution < -0.4 is 5.32 Å². The topological polar surface area (TPSA) is 37.3 Å². The average Bonchev–Trinajstić information content (AvgIpc) is 3.03. The predicted octanol–water partition coefficient (Wildman–Crippen LogP) is 5.48. The van der Waals surface area contributed by atoms with Gasteiger partial charge < -0.3 is 14.8 Å². The van der Waals surface area contributed by atoms with E-state index in [0.717, 1.165) is 35.5 Å². The fraction of sp³-hybridized carbons (Fsp3) is 0.227. The number of carbonyl (C=O) groups is 1. The van der Waals surface area contributed by atoms with Crippen molar-refractivity contribution in [2.75, 3.05) is 11.9 Å². The fourth-order valence-electron chi connectivity index (χ4n) is 3.74. The molecule has 4 nitrogen and oxygen atoms in total. The molecule has 2 amide bonds. The molecule has 27 heavy (non-hydrogen) atoms. The van der Waals surface area contributed by atoms with Crippen molar-refractivity contribution in [3.63, 3.8) is 0 Å². The van der Waals surface area contributed by atoms with Crippen LogP contribution in [0, 0.1) is 6.92 Å². The Morgan fingerprint density at radius 3 is 2.74 bits per heavy atom. The first-order chi connectivity index (χ1) is 13.1. The smallest absolute Gasteiger partial charge is 0.322 e. The van der Waals surface area contributed by atoms with Crippen LogP contribution in [-0.4, -0.2) is 22.0 Å². The highest BCUT2D eigenvalue weighted by Gasteiger charge is 2.32. The van der Waals surface area contributed by atoms with Crippen molar-refractivity contribution in [2.24, 2.45) is 0 Å². The van der Waals surface area contributed by atoms with Crippen LogP contribution in [-0.2, 0) is 6.54 Å². The molecule has 4 rings (SSSR count). The van der Waals surface area contributed by atoms with Crippen LogP contribution in [0.15, 0.2) is 66.9 Å². The minimum atomic E-state index is -0.221. The Bertz CT molecular complexity index is 965. The second-order valence-electron chi connectivity index (χ2n) is 6.90. The first-order valence-electron chi connectivity index (χ1n) is 9.17. The van der Waals surface area contributed by atoms with Gasteiger partial charge in [-0.2, -0.15) is 0 Å². The molecule has 0 spiro atoms. The minimum absolute atomic E-state index is 0.111. The van der Waals surface area contributed by atoms with Crippen LogP contribution in [0.2, 0.25) is 5.02 Å². The molecule has 0 bridgehead atoms. The van der Waals surface area contributed by atoms with Crippen molar-refractivity contribution in [3.05, 3.63) is 88.7 Å². The van der Waals surface area contributed by atoms with Gasteiger partial charge >= 0.3 is 6.03 Å². The lowest BCUT2D eigenvalue weighted by Crippen LogP contribution is -2.39. The second-order valence-corrected chi connectivity index (χ2v) is 7.30. The summed E-state index contributed by atoms with van der Waals surface area (Å²) in [6.07, 6.45) is 2.96. The fourth-order valence-corrected chi connectivity index (χ4v) is 3.98. The number of hydrogen-bond acceptors (Lipinski definition) is 1. The normalized spacial score (nSPS) is 16.5. The molecule has 3 aromatic rings. The molecule has 1 N–H and O–H groups in total. The molecule has 1 unspecified atom stereocenters. The maximum Gasteiger partial charge on any atom is 0.322 e. The van der Waals surface area contributed by atoms with E-state index in [-0.39, 0.29) is 12.1 Å². The number of urea groups is 1. The highest BCUT2D eigenvalue weighted by molar-refractivity contribution is 6.31. The lowest BCUT2D eigenvalue weighted by atomic mass is 10.0. The zero-order valence-electron chi connectivity index (χ0n) is 15.2. The number of rotatable bonds is 2. The third kappa shape index (κ3) is 3.58. The zero-order chi connectivity index (χ0) is 18.8. The van der Waals surface area contributed by atoms with Crippen molar-refractivity contribution in [1.82, 2.24) is 9.47 Å². The molecular formula is C22H22ClN3O. The summed E-state index contributed by atoms with van der Waals surface area (Å²) >= 11 is 6.53. The Hall–Kier alpha value is -2.72. The first kappa shape index (κ1) is 17.7. The highest BCUT2D eigenvalue weighted by Crippen LogP contribution is 2.35. The molecule has 0 aliphatic carbocycles. The molecule has 0 saturated carbocycles. The maximum atomic E-state index is 13.2. The number of fused-ring (bicyclic) bond motifs is 1. The molecule has 0 saturated heterocycles. The number of benzene rings is 2. The summed E-state index contributed by atoms with van der Waals surface area (Å²) in [5.74, 6) is 0. The van der Waals surface area contributed by atoms with E-state index in [0.29, 0.717) is 11.6 Å². The standard InChI is InChI=1S/C22H22ClN3O/c1-16-7-4-8-17(15-16)24-22(27)26-14-6-13-25-12-5-11-20(25)21(26)18-9-2-3-10-19(18)23/h2-5,7-12,15,21H,6,13-14H2,1H3,(H,24,27). The SMILES string of the molecule is Cc1cccc(NC(=O)N2CCCn3cccc3C2c2ccccc2Cl)c1. The number of nitrogens with zero attached hydrogens (tertiary/aromatic N) is 2. The van der Waals surface area contributed by atoms with Gasteiger partial charge in [-0.3, -0.25) is 0 Å². The largest absolute Gasteiger partial charge is 0.349 e. The van der Waals surface area contributed by atoms with E-state index in [2.05, 4.69) is 22.1 Å². The van der Waals surface area contributed by atoms with Gasteiger partial charge in [0.15, 0.2) is 0 Å². The Kier molecular flexibility index (Phi) is 4.90. The molecule has 138 valence electrons. The summed E-state index contributed by atoms with van der Waals surface area (Å²) in [5.41, 5.74) is 3.94. The number of nitrogens with one attached hydrogen (secondary N) is 1. The summed E-state index contributed by atoms with van der Waals surface area (Å²) < 4.78 is 2.22. The van der Waals surface area contributed by atoms with Crippen LogP contribution >= 0.6 is 11.6 Å². The zero-order valence-corrected chi connectivity index (χ0v) is 16.0. The highest BCUT2D eigenvalue weighted by atomic mass is 35.5. The average molecular weight is 380 g/mol. The van der Waals surface area contributed by atoms with E-state index < -0.39 is 0 Å².